The topological polar surface area (TPSA) is 69.2 Å². The van der Waals surface area contributed by atoms with Gasteiger partial charge in [0.15, 0.2) is 11.5 Å². The summed E-state index contributed by atoms with van der Waals surface area (Å²) in [6.07, 6.45) is 2.45. The molecule has 29 heavy (non-hydrogen) atoms. The normalized spacial score (nSPS) is 10.8. The van der Waals surface area contributed by atoms with E-state index >= 15 is 0 Å². The Morgan fingerprint density at radius 1 is 1.00 bits per heavy atom. The van der Waals surface area contributed by atoms with Crippen LogP contribution >= 0.6 is 31.9 Å². The minimum atomic E-state index is -0.340. The summed E-state index contributed by atoms with van der Waals surface area (Å²) >= 11 is 6.95. The van der Waals surface area contributed by atoms with Crippen LogP contribution in [0, 0.1) is 0 Å². The second-order valence-electron chi connectivity index (χ2n) is 5.89. The first-order chi connectivity index (χ1) is 14.0. The van der Waals surface area contributed by atoms with E-state index in [2.05, 4.69) is 42.4 Å². The van der Waals surface area contributed by atoms with Crippen LogP contribution in [0.4, 0.5) is 0 Å². The van der Waals surface area contributed by atoms with Crippen molar-refractivity contribution < 1.29 is 19.0 Å². The Kier molecular flexibility index (Phi) is 9.47. The summed E-state index contributed by atoms with van der Waals surface area (Å²) in [6, 6.07) is 8.79. The summed E-state index contributed by atoms with van der Waals surface area (Å²) in [5, 5.41) is 4.04. The molecule has 0 bridgehead atoms. The number of amides is 1. The molecular weight excluding hydrogens is 504 g/mol. The van der Waals surface area contributed by atoms with Crippen molar-refractivity contribution in [2.24, 2.45) is 5.10 Å². The Balaban J connectivity index is 2.09. The monoisotopic (exact) mass is 526 g/mol. The molecular formula is C21H24Br2N2O4. The van der Waals surface area contributed by atoms with E-state index in [4.69, 9.17) is 14.2 Å². The number of hydrogen-bond donors (Lipinski definition) is 1. The lowest BCUT2D eigenvalue weighted by molar-refractivity contribution is 0.0954. The van der Waals surface area contributed by atoms with Gasteiger partial charge in [0.2, 0.25) is 0 Å². The van der Waals surface area contributed by atoms with Gasteiger partial charge in [0.25, 0.3) is 5.91 Å². The van der Waals surface area contributed by atoms with Crippen molar-refractivity contribution in [3.05, 3.63) is 50.4 Å². The molecule has 0 spiro atoms. The van der Waals surface area contributed by atoms with Crippen molar-refractivity contribution >= 4 is 44.0 Å². The summed E-state index contributed by atoms with van der Waals surface area (Å²) in [4.78, 5) is 12.4. The number of carbonyl (C=O) groups is 1. The quantitative estimate of drug-likeness (QED) is 0.324. The maximum absolute atomic E-state index is 12.4. The molecule has 0 heterocycles. The van der Waals surface area contributed by atoms with E-state index in [9.17, 15) is 4.79 Å². The van der Waals surface area contributed by atoms with Gasteiger partial charge >= 0.3 is 0 Å². The fourth-order valence-electron chi connectivity index (χ4n) is 2.42. The van der Waals surface area contributed by atoms with Crippen LogP contribution in [-0.4, -0.2) is 31.9 Å². The highest BCUT2D eigenvalue weighted by atomic mass is 79.9. The fraction of sp³-hybridized carbons (Fsp3) is 0.333. The molecule has 2 rings (SSSR count). The molecule has 0 aromatic heterocycles. The van der Waals surface area contributed by atoms with Crippen LogP contribution in [0.2, 0.25) is 0 Å². The van der Waals surface area contributed by atoms with Gasteiger partial charge in [-0.3, -0.25) is 4.79 Å². The molecule has 2 aromatic rings. The third-order valence-electron chi connectivity index (χ3n) is 3.66. The number of rotatable bonds is 10. The number of ether oxygens (including phenoxy) is 3. The predicted molar refractivity (Wildman–Crippen MR) is 121 cm³/mol. The molecule has 0 atom stereocenters. The van der Waals surface area contributed by atoms with E-state index in [0.29, 0.717) is 36.9 Å². The average molecular weight is 528 g/mol. The van der Waals surface area contributed by atoms with Crippen LogP contribution in [0.25, 0.3) is 0 Å². The molecule has 1 N–H and O–H groups in total. The summed E-state index contributed by atoms with van der Waals surface area (Å²) in [6.45, 7) is 7.46. The summed E-state index contributed by atoms with van der Waals surface area (Å²) in [7, 11) is 0. The minimum Gasteiger partial charge on any atom is -0.492 e. The third-order valence-corrected chi connectivity index (χ3v) is 4.83. The number of carbonyl (C=O) groups excluding carboxylic acids is 1. The highest BCUT2D eigenvalue weighted by Gasteiger charge is 2.12. The molecule has 0 fully saturated rings. The molecule has 0 unspecified atom stereocenters. The zero-order valence-corrected chi connectivity index (χ0v) is 19.8. The van der Waals surface area contributed by atoms with Gasteiger partial charge in [0.05, 0.1) is 35.0 Å². The lowest BCUT2D eigenvalue weighted by atomic mass is 10.2. The van der Waals surface area contributed by atoms with E-state index in [-0.39, 0.29) is 5.91 Å². The van der Waals surface area contributed by atoms with Gasteiger partial charge in [-0.2, -0.15) is 5.10 Å². The van der Waals surface area contributed by atoms with Crippen LogP contribution in [-0.2, 0) is 0 Å². The highest BCUT2D eigenvalue weighted by molar-refractivity contribution is 9.11. The standard InChI is InChI=1S/C21H24Br2N2O4/c1-4-9-29-18-8-7-15(12-19(18)27-5-2)21(26)25-24-13-14-10-16(22)20(28-6-3)17(23)11-14/h7-8,10-13H,4-6,9H2,1-3H3,(H,25,26)/b24-13+. The van der Waals surface area contributed by atoms with Gasteiger partial charge in [-0.15, -0.1) is 0 Å². The number of hydrazone groups is 1. The van der Waals surface area contributed by atoms with Gasteiger partial charge in [-0.1, -0.05) is 6.92 Å². The minimum absolute atomic E-state index is 0.340. The van der Waals surface area contributed by atoms with Crippen LogP contribution < -0.4 is 19.6 Å². The van der Waals surface area contributed by atoms with Gasteiger partial charge < -0.3 is 14.2 Å². The molecule has 0 aliphatic rings. The Bertz CT molecular complexity index is 849. The second kappa shape index (κ2) is 11.8. The summed E-state index contributed by atoms with van der Waals surface area (Å²) in [5.74, 6) is 1.55. The van der Waals surface area contributed by atoms with E-state index in [1.54, 1.807) is 24.4 Å². The number of halogens is 2. The van der Waals surface area contributed by atoms with Crippen molar-refractivity contribution in [2.45, 2.75) is 27.2 Å². The molecule has 0 aliphatic carbocycles. The average Bonchev–Trinajstić information content (AvgIpc) is 2.70. The largest absolute Gasteiger partial charge is 0.492 e. The SMILES string of the molecule is CCCOc1ccc(C(=O)N/N=C/c2cc(Br)c(OCC)c(Br)c2)cc1OCC. The zero-order chi connectivity index (χ0) is 21.2. The lowest BCUT2D eigenvalue weighted by Gasteiger charge is -2.12. The lowest BCUT2D eigenvalue weighted by Crippen LogP contribution is -2.17. The molecule has 6 nitrogen and oxygen atoms in total. The number of hydrogen-bond acceptors (Lipinski definition) is 5. The van der Waals surface area contributed by atoms with Gasteiger partial charge in [0, 0.05) is 5.56 Å². The van der Waals surface area contributed by atoms with Gasteiger partial charge in [-0.05, 0) is 88.0 Å². The van der Waals surface area contributed by atoms with Crippen LogP contribution in [0.3, 0.4) is 0 Å². The third kappa shape index (κ3) is 6.75. The first-order valence-electron chi connectivity index (χ1n) is 9.35. The Labute approximate surface area is 187 Å². The van der Waals surface area contributed by atoms with Crippen LogP contribution in [0.5, 0.6) is 17.2 Å². The van der Waals surface area contributed by atoms with Crippen molar-refractivity contribution in [2.75, 3.05) is 19.8 Å². The molecule has 2 aromatic carbocycles. The molecule has 0 saturated carbocycles. The van der Waals surface area contributed by atoms with Crippen LogP contribution in [0.1, 0.15) is 43.1 Å². The molecule has 0 saturated heterocycles. The highest BCUT2D eigenvalue weighted by Crippen LogP contribution is 2.34. The van der Waals surface area contributed by atoms with Crippen molar-refractivity contribution in [1.29, 1.82) is 0 Å². The number of nitrogens with zero attached hydrogens (tertiary/aromatic N) is 1. The smallest absolute Gasteiger partial charge is 0.271 e. The first-order valence-corrected chi connectivity index (χ1v) is 10.9. The predicted octanol–water partition coefficient (Wildman–Crippen LogP) is 5.56. The number of benzene rings is 2. The van der Waals surface area contributed by atoms with Gasteiger partial charge in [0.1, 0.15) is 5.75 Å². The van der Waals surface area contributed by atoms with E-state index in [1.807, 2.05) is 32.9 Å². The van der Waals surface area contributed by atoms with Crippen molar-refractivity contribution in [3.8, 4) is 17.2 Å². The van der Waals surface area contributed by atoms with E-state index in [1.165, 1.54) is 0 Å². The maximum atomic E-state index is 12.4. The first kappa shape index (κ1) is 23.2. The molecule has 156 valence electrons. The maximum Gasteiger partial charge on any atom is 0.271 e. The Morgan fingerprint density at radius 3 is 2.31 bits per heavy atom. The molecule has 8 heteroatoms. The summed E-state index contributed by atoms with van der Waals surface area (Å²) in [5.41, 5.74) is 3.76. The van der Waals surface area contributed by atoms with Crippen molar-refractivity contribution in [3.63, 3.8) is 0 Å². The van der Waals surface area contributed by atoms with Crippen molar-refractivity contribution in [1.82, 2.24) is 5.43 Å². The number of nitrogens with one attached hydrogen (secondary N) is 1. The molecule has 0 aliphatic heterocycles. The fourth-order valence-corrected chi connectivity index (χ4v) is 3.87. The molecule has 1 amide bonds. The van der Waals surface area contributed by atoms with Gasteiger partial charge in [-0.25, -0.2) is 5.43 Å². The Morgan fingerprint density at radius 2 is 1.69 bits per heavy atom. The Hall–Kier alpha value is -2.06. The van der Waals surface area contributed by atoms with E-state index in [0.717, 1.165) is 26.7 Å². The zero-order valence-electron chi connectivity index (χ0n) is 16.6. The van der Waals surface area contributed by atoms with E-state index < -0.39 is 0 Å². The molecule has 0 radical (unpaired) electrons. The second-order valence-corrected chi connectivity index (χ2v) is 7.60. The summed E-state index contributed by atoms with van der Waals surface area (Å²) < 4.78 is 18.4. The van der Waals surface area contributed by atoms with Crippen LogP contribution in [0.15, 0.2) is 44.4 Å².